The van der Waals surface area contributed by atoms with Crippen LogP contribution in [0.1, 0.15) is 57.7 Å². The van der Waals surface area contributed by atoms with Crippen LogP contribution in [0.4, 0.5) is 0 Å². The maximum Gasteiger partial charge on any atom is 0.0424 e. The van der Waals surface area contributed by atoms with Gasteiger partial charge in [-0.25, -0.2) is 0 Å². The maximum atomic E-state index is 6.40. The lowest BCUT2D eigenvalue weighted by atomic mass is 9.82. The first kappa shape index (κ1) is 16.5. The molecule has 0 saturated carbocycles. The van der Waals surface area contributed by atoms with Crippen LogP contribution in [0.25, 0.3) is 0 Å². The molecule has 0 spiro atoms. The van der Waals surface area contributed by atoms with Gasteiger partial charge in [-0.15, -0.1) is 0 Å². The lowest BCUT2D eigenvalue weighted by molar-refractivity contribution is 0.127. The second-order valence-corrected chi connectivity index (χ2v) is 7.91. The topological polar surface area (TPSA) is 29.3 Å². The van der Waals surface area contributed by atoms with Crippen molar-refractivity contribution < 1.29 is 0 Å². The van der Waals surface area contributed by atoms with Crippen molar-refractivity contribution in [1.29, 1.82) is 0 Å². The summed E-state index contributed by atoms with van der Waals surface area (Å²) in [5.74, 6) is 0.709. The van der Waals surface area contributed by atoms with Crippen LogP contribution >= 0.6 is 0 Å². The van der Waals surface area contributed by atoms with Crippen molar-refractivity contribution in [2.75, 3.05) is 19.6 Å². The fourth-order valence-corrected chi connectivity index (χ4v) is 3.10. The summed E-state index contributed by atoms with van der Waals surface area (Å²) < 4.78 is 0. The largest absolute Gasteiger partial charge is 0.323 e. The maximum absolute atomic E-state index is 6.40. The van der Waals surface area contributed by atoms with E-state index in [1.165, 1.54) is 37.1 Å². The van der Waals surface area contributed by atoms with Crippen molar-refractivity contribution in [3.8, 4) is 0 Å². The van der Waals surface area contributed by atoms with Crippen LogP contribution in [-0.4, -0.2) is 24.5 Å². The molecule has 0 aromatic heterocycles. The molecule has 1 aromatic carbocycles. The van der Waals surface area contributed by atoms with E-state index in [9.17, 15) is 0 Å². The van der Waals surface area contributed by atoms with Gasteiger partial charge in [0.05, 0.1) is 0 Å². The minimum absolute atomic E-state index is 0.138. The summed E-state index contributed by atoms with van der Waals surface area (Å²) in [7, 11) is 0. The molecule has 1 fully saturated rings. The molecule has 1 atom stereocenters. The summed E-state index contributed by atoms with van der Waals surface area (Å²) in [5, 5.41) is 0. The quantitative estimate of drug-likeness (QED) is 0.887. The van der Waals surface area contributed by atoms with E-state index in [1.54, 1.807) is 0 Å². The third-order valence-electron chi connectivity index (χ3n) is 4.72. The normalized spacial score (nSPS) is 20.7. The van der Waals surface area contributed by atoms with Gasteiger partial charge < -0.3 is 10.6 Å². The zero-order valence-corrected chi connectivity index (χ0v) is 14.2. The van der Waals surface area contributed by atoms with Crippen molar-refractivity contribution in [2.45, 2.75) is 53.0 Å². The van der Waals surface area contributed by atoms with Gasteiger partial charge in [-0.1, -0.05) is 52.0 Å². The summed E-state index contributed by atoms with van der Waals surface area (Å²) in [6.07, 6.45) is 3.72. The molecule has 1 aliphatic heterocycles. The first-order chi connectivity index (χ1) is 9.85. The molecular formula is C19H32N2. The van der Waals surface area contributed by atoms with E-state index in [-0.39, 0.29) is 6.04 Å². The molecule has 0 bridgehead atoms. The smallest absolute Gasteiger partial charge is 0.0424 e. The number of nitrogens with zero attached hydrogens (tertiary/aromatic N) is 1. The van der Waals surface area contributed by atoms with Crippen LogP contribution in [0.15, 0.2) is 24.3 Å². The van der Waals surface area contributed by atoms with Crippen molar-refractivity contribution >= 4 is 0 Å². The molecular weight excluding hydrogens is 256 g/mol. The summed E-state index contributed by atoms with van der Waals surface area (Å²) in [6.45, 7) is 12.6. The summed E-state index contributed by atoms with van der Waals surface area (Å²) in [5.41, 5.74) is 9.60. The molecule has 21 heavy (non-hydrogen) atoms. The standard InChI is InChI=1S/C19H32N2/c1-15(2)13-16-5-7-17(8-6-16)18(20)14-21-11-9-19(3,4)10-12-21/h5-8,15,18H,9-14,20H2,1-4H3. The highest BCUT2D eigenvalue weighted by molar-refractivity contribution is 5.25. The van der Waals surface area contributed by atoms with Gasteiger partial charge in [-0.2, -0.15) is 0 Å². The lowest BCUT2D eigenvalue weighted by Gasteiger charge is -2.38. The first-order valence-corrected chi connectivity index (χ1v) is 8.42. The second kappa shape index (κ2) is 6.93. The van der Waals surface area contributed by atoms with Crippen LogP contribution < -0.4 is 5.73 Å². The number of nitrogens with two attached hydrogens (primary N) is 1. The number of hydrogen-bond acceptors (Lipinski definition) is 2. The van der Waals surface area contributed by atoms with Gasteiger partial charge in [0.2, 0.25) is 0 Å². The summed E-state index contributed by atoms with van der Waals surface area (Å²) in [4.78, 5) is 2.53. The Labute approximate surface area is 130 Å². The highest BCUT2D eigenvalue weighted by Gasteiger charge is 2.26. The van der Waals surface area contributed by atoms with Crippen LogP contribution in [0, 0.1) is 11.3 Å². The molecule has 0 amide bonds. The third-order valence-corrected chi connectivity index (χ3v) is 4.72. The molecule has 1 aromatic rings. The molecule has 2 rings (SSSR count). The minimum atomic E-state index is 0.138. The Morgan fingerprint density at radius 2 is 1.67 bits per heavy atom. The third kappa shape index (κ3) is 5.12. The van der Waals surface area contributed by atoms with Crippen LogP contribution in [0.2, 0.25) is 0 Å². The van der Waals surface area contributed by atoms with E-state index in [1.807, 2.05) is 0 Å². The van der Waals surface area contributed by atoms with E-state index >= 15 is 0 Å². The Hall–Kier alpha value is -0.860. The zero-order chi connectivity index (χ0) is 15.5. The molecule has 2 nitrogen and oxygen atoms in total. The molecule has 1 saturated heterocycles. The van der Waals surface area contributed by atoms with Crippen molar-refractivity contribution in [3.05, 3.63) is 35.4 Å². The molecule has 2 N–H and O–H groups in total. The SMILES string of the molecule is CC(C)Cc1ccc(C(N)CN2CCC(C)(C)CC2)cc1. The average molecular weight is 288 g/mol. The first-order valence-electron chi connectivity index (χ1n) is 8.42. The van der Waals surface area contributed by atoms with Crippen LogP contribution in [-0.2, 0) is 6.42 Å². The molecule has 2 heteroatoms. The number of piperidine rings is 1. The molecule has 118 valence electrons. The highest BCUT2D eigenvalue weighted by atomic mass is 15.1. The zero-order valence-electron chi connectivity index (χ0n) is 14.2. The number of hydrogen-bond donors (Lipinski definition) is 1. The Balaban J connectivity index is 1.87. The predicted molar refractivity (Wildman–Crippen MR) is 91.4 cm³/mol. The number of rotatable bonds is 5. The fourth-order valence-electron chi connectivity index (χ4n) is 3.10. The number of likely N-dealkylation sites (tertiary alicyclic amines) is 1. The van der Waals surface area contributed by atoms with E-state index in [4.69, 9.17) is 5.73 Å². The Morgan fingerprint density at radius 3 is 2.19 bits per heavy atom. The highest BCUT2D eigenvalue weighted by Crippen LogP contribution is 2.30. The van der Waals surface area contributed by atoms with Crippen LogP contribution in [0.5, 0.6) is 0 Å². The average Bonchev–Trinajstić information content (AvgIpc) is 2.41. The van der Waals surface area contributed by atoms with Gasteiger partial charge in [0.1, 0.15) is 0 Å². The monoisotopic (exact) mass is 288 g/mol. The van der Waals surface area contributed by atoms with Gasteiger partial charge in [-0.05, 0) is 54.8 Å². The number of benzene rings is 1. The summed E-state index contributed by atoms with van der Waals surface area (Å²) in [6, 6.07) is 9.06. The molecule has 1 unspecified atom stereocenters. The van der Waals surface area contributed by atoms with Crippen LogP contribution in [0.3, 0.4) is 0 Å². The Bertz CT molecular complexity index is 423. The second-order valence-electron chi connectivity index (χ2n) is 7.91. The van der Waals surface area contributed by atoms with Gasteiger partial charge in [-0.3, -0.25) is 0 Å². The van der Waals surface area contributed by atoms with Crippen molar-refractivity contribution in [2.24, 2.45) is 17.1 Å². The Kier molecular flexibility index (Phi) is 5.45. The van der Waals surface area contributed by atoms with Gasteiger partial charge in [0.15, 0.2) is 0 Å². The fraction of sp³-hybridized carbons (Fsp3) is 0.684. The molecule has 1 aliphatic rings. The lowest BCUT2D eigenvalue weighted by Crippen LogP contribution is -2.40. The van der Waals surface area contributed by atoms with E-state index in [0.29, 0.717) is 11.3 Å². The van der Waals surface area contributed by atoms with E-state index < -0.39 is 0 Å². The van der Waals surface area contributed by atoms with Gasteiger partial charge in [0, 0.05) is 12.6 Å². The van der Waals surface area contributed by atoms with Crippen molar-refractivity contribution in [3.63, 3.8) is 0 Å². The Morgan fingerprint density at radius 1 is 1.10 bits per heavy atom. The molecule has 0 aliphatic carbocycles. The van der Waals surface area contributed by atoms with Gasteiger partial charge >= 0.3 is 0 Å². The van der Waals surface area contributed by atoms with Crippen molar-refractivity contribution in [1.82, 2.24) is 4.90 Å². The predicted octanol–water partition coefficient (Wildman–Crippen LogP) is 4.01. The van der Waals surface area contributed by atoms with E-state index in [2.05, 4.69) is 56.9 Å². The minimum Gasteiger partial charge on any atom is -0.323 e. The summed E-state index contributed by atoms with van der Waals surface area (Å²) >= 11 is 0. The molecule has 1 heterocycles. The molecule has 0 radical (unpaired) electrons. The van der Waals surface area contributed by atoms with E-state index in [0.717, 1.165) is 13.0 Å². The van der Waals surface area contributed by atoms with Gasteiger partial charge in [0.25, 0.3) is 0 Å².